The number of halogens is 3. The summed E-state index contributed by atoms with van der Waals surface area (Å²) in [5, 5.41) is 23.7. The molecular weight excluding hydrogens is 550 g/mol. The summed E-state index contributed by atoms with van der Waals surface area (Å²) in [4.78, 5) is 12.0. The van der Waals surface area contributed by atoms with Crippen molar-refractivity contribution in [1.29, 1.82) is 0 Å². The van der Waals surface area contributed by atoms with Gasteiger partial charge in [0.15, 0.2) is 0 Å². The largest absolute Gasteiger partial charge is 0.508 e. The predicted octanol–water partition coefficient (Wildman–Crippen LogP) is 5.65. The van der Waals surface area contributed by atoms with Crippen molar-refractivity contribution in [2.45, 2.75) is 83.5 Å². The van der Waals surface area contributed by atoms with Gasteiger partial charge in [0.1, 0.15) is 5.75 Å². The molecule has 1 amide bonds. The predicted molar refractivity (Wildman–Crippen MR) is 166 cm³/mol. The van der Waals surface area contributed by atoms with Gasteiger partial charge in [0.25, 0.3) is 0 Å². The van der Waals surface area contributed by atoms with Gasteiger partial charge in [-0.05, 0) is 76.0 Å². The van der Waals surface area contributed by atoms with Gasteiger partial charge in [-0.25, -0.2) is 0 Å². The molecule has 0 heterocycles. The van der Waals surface area contributed by atoms with E-state index in [0.29, 0.717) is 18.6 Å². The van der Waals surface area contributed by atoms with Gasteiger partial charge in [-0.1, -0.05) is 48.9 Å². The summed E-state index contributed by atoms with van der Waals surface area (Å²) < 4.78 is 38.5. The van der Waals surface area contributed by atoms with Crippen LogP contribution in [0.5, 0.6) is 5.75 Å². The lowest BCUT2D eigenvalue weighted by Gasteiger charge is -2.19. The molecule has 41 heavy (non-hydrogen) atoms. The number of carbonyl (C=O) groups excluding carboxylic acids is 1. The molecule has 0 aliphatic carbocycles. The molecule has 0 saturated heterocycles. The summed E-state index contributed by atoms with van der Waals surface area (Å²) in [7, 11) is 4.24. The molecule has 10 heteroatoms. The summed E-state index contributed by atoms with van der Waals surface area (Å²) in [5.41, 5.74) is 8.19. The summed E-state index contributed by atoms with van der Waals surface area (Å²) in [6.07, 6.45) is -1.02. The highest BCUT2D eigenvalue weighted by atomic mass is 31.0. The van der Waals surface area contributed by atoms with Crippen molar-refractivity contribution in [2.24, 2.45) is 5.73 Å². The van der Waals surface area contributed by atoms with Crippen LogP contribution < -0.4 is 16.4 Å². The number of phenols is 1. The number of rotatable bonds is 11. The maximum Gasteiger partial charge on any atom is 0.416 e. The zero-order valence-corrected chi connectivity index (χ0v) is 25.9. The highest BCUT2D eigenvalue weighted by molar-refractivity contribution is 7.17. The Morgan fingerprint density at radius 1 is 1.17 bits per heavy atom. The number of hydrogen-bond acceptors (Lipinski definition) is 5. The van der Waals surface area contributed by atoms with E-state index in [2.05, 4.69) is 33.0 Å². The first-order valence-electron chi connectivity index (χ1n) is 13.4. The molecule has 0 fully saturated rings. The number of carbonyl (C=O) groups is 1. The van der Waals surface area contributed by atoms with Crippen molar-refractivity contribution in [3.05, 3.63) is 89.5 Å². The molecule has 2 aromatic carbocycles. The highest BCUT2D eigenvalue weighted by Gasteiger charge is 2.33. The fraction of sp³-hybridized carbons (Fsp3) is 0.452. The fourth-order valence-electron chi connectivity index (χ4n) is 3.65. The van der Waals surface area contributed by atoms with Crippen LogP contribution in [0.1, 0.15) is 55.9 Å². The zero-order chi connectivity index (χ0) is 31.8. The van der Waals surface area contributed by atoms with Crippen molar-refractivity contribution in [1.82, 2.24) is 10.6 Å². The molecule has 230 valence electrons. The van der Waals surface area contributed by atoms with Crippen molar-refractivity contribution >= 4 is 15.1 Å². The Morgan fingerprint density at radius 2 is 1.78 bits per heavy atom. The number of aromatic hydroxyl groups is 1. The van der Waals surface area contributed by atoms with E-state index in [4.69, 9.17) is 10.8 Å². The average molecular weight is 598 g/mol. The van der Waals surface area contributed by atoms with E-state index in [-0.39, 0.29) is 29.7 Å². The van der Waals surface area contributed by atoms with Crippen molar-refractivity contribution in [2.75, 3.05) is 7.05 Å². The molecule has 0 bridgehead atoms. The number of hydrogen-bond donors (Lipinski definition) is 5. The van der Waals surface area contributed by atoms with Crippen LogP contribution in [0.4, 0.5) is 13.2 Å². The number of nitrogens with one attached hydrogen (secondary N) is 2. The zero-order valence-electron chi connectivity index (χ0n) is 24.8. The molecule has 2 aromatic rings. The Hall–Kier alpha value is -2.71. The number of aliphatic hydroxyl groups is 1. The molecule has 3 unspecified atom stereocenters. The molecule has 5 atom stereocenters. The number of nitrogens with two attached hydrogens (primary N) is 1. The third-order valence-electron chi connectivity index (χ3n) is 5.99. The maximum atomic E-state index is 12.8. The Morgan fingerprint density at radius 3 is 2.22 bits per heavy atom. The number of phenolic OH excluding ortho intramolecular Hbond substituents is 1. The van der Waals surface area contributed by atoms with Crippen LogP contribution in [-0.4, -0.2) is 47.0 Å². The fourth-order valence-corrected chi connectivity index (χ4v) is 3.93. The van der Waals surface area contributed by atoms with Crippen LogP contribution in [0.2, 0.25) is 0 Å². The van der Waals surface area contributed by atoms with Crippen molar-refractivity contribution in [3.8, 4) is 5.75 Å². The van der Waals surface area contributed by atoms with Gasteiger partial charge < -0.3 is 26.6 Å². The molecule has 0 aliphatic rings. The molecule has 0 spiro atoms. The minimum atomic E-state index is -4.42. The quantitative estimate of drug-likeness (QED) is 0.170. The monoisotopic (exact) mass is 597 g/mol. The standard InChI is InChI=1S/C14H20F3N2OP.C10H12O.C7H15NO/c1-9(21)7-12(18-2)13(20)19-8-10-5-3-4-6-11(10)14(15,16)17;1-3-5-9-8(2)6-4-7-10(9)11;1-5(2)4-7(8)6(3)9/h3-6,9,12,18H,7-8,21H2,1-2H3,(H,19,20);3-4,6-7,11H,1,5H2,2H3;6-7,9H,1,4,8H2,2-3H3/t9?,12-;;6?,7-/m0.0/s1. The van der Waals surface area contributed by atoms with Gasteiger partial charge in [0, 0.05) is 18.2 Å². The third-order valence-corrected chi connectivity index (χ3v) is 6.26. The molecule has 0 radical (unpaired) electrons. The number of likely N-dealkylation sites (N-methyl/N-ethyl adjacent to an activating group) is 1. The minimum Gasteiger partial charge on any atom is -0.508 e. The molecular formula is C31H47F3N3O3P. The van der Waals surface area contributed by atoms with Crippen LogP contribution in [0.15, 0.2) is 67.3 Å². The molecule has 0 aromatic heterocycles. The van der Waals surface area contributed by atoms with Gasteiger partial charge >= 0.3 is 6.18 Å². The smallest absolute Gasteiger partial charge is 0.416 e. The van der Waals surface area contributed by atoms with Crippen LogP contribution >= 0.6 is 9.24 Å². The maximum absolute atomic E-state index is 12.8. The van der Waals surface area contributed by atoms with Crippen LogP contribution in [0.25, 0.3) is 0 Å². The number of allylic oxidation sites excluding steroid dienone is 1. The summed E-state index contributed by atoms with van der Waals surface area (Å²) >= 11 is 0. The number of aryl methyl sites for hydroxylation is 1. The van der Waals surface area contributed by atoms with Crippen molar-refractivity contribution < 1.29 is 28.2 Å². The third kappa shape index (κ3) is 15.8. The van der Waals surface area contributed by atoms with Gasteiger partial charge in [-0.2, -0.15) is 13.2 Å². The average Bonchev–Trinajstić information content (AvgIpc) is 2.88. The second kappa shape index (κ2) is 19.4. The summed E-state index contributed by atoms with van der Waals surface area (Å²) in [6, 6.07) is 10.2. The van der Waals surface area contributed by atoms with E-state index in [0.717, 1.165) is 29.2 Å². The topological polar surface area (TPSA) is 108 Å². The van der Waals surface area contributed by atoms with Gasteiger partial charge in [-0.15, -0.1) is 22.4 Å². The molecule has 0 aliphatic heterocycles. The van der Waals surface area contributed by atoms with Gasteiger partial charge in [-0.3, -0.25) is 4.79 Å². The lowest BCUT2D eigenvalue weighted by atomic mass is 10.1. The van der Waals surface area contributed by atoms with E-state index >= 15 is 0 Å². The van der Waals surface area contributed by atoms with E-state index in [1.807, 2.05) is 32.9 Å². The van der Waals surface area contributed by atoms with E-state index in [9.17, 15) is 23.1 Å². The SMILES string of the molecule is C=C(C)C[C@H](N)C(C)O.C=CCc1c(C)cccc1O.CN[C@@H](CC(C)P)C(=O)NCc1ccccc1C(F)(F)F. The van der Waals surface area contributed by atoms with E-state index in [1.54, 1.807) is 26.1 Å². The van der Waals surface area contributed by atoms with E-state index in [1.165, 1.54) is 18.2 Å². The Kier molecular flexibility index (Phi) is 18.1. The number of benzene rings is 2. The second-order valence-electron chi connectivity index (χ2n) is 10.1. The lowest BCUT2D eigenvalue weighted by Crippen LogP contribution is -2.43. The Labute approximate surface area is 245 Å². The minimum absolute atomic E-state index is 0.0622. The second-order valence-corrected chi connectivity index (χ2v) is 11.2. The number of amides is 1. The number of aliphatic hydroxyl groups excluding tert-OH is 1. The first kappa shape index (κ1) is 38.3. The van der Waals surface area contributed by atoms with Gasteiger partial charge in [0.05, 0.1) is 17.7 Å². The molecule has 2 rings (SSSR count). The van der Waals surface area contributed by atoms with E-state index < -0.39 is 23.9 Å². The van der Waals surface area contributed by atoms with Gasteiger partial charge in [0.2, 0.25) is 5.91 Å². The normalized spacial score (nSPS) is 13.7. The molecule has 6 N–H and O–H groups in total. The highest BCUT2D eigenvalue weighted by Crippen LogP contribution is 2.31. The van der Waals surface area contributed by atoms with Crippen molar-refractivity contribution in [3.63, 3.8) is 0 Å². The molecule has 6 nitrogen and oxygen atoms in total. The van der Waals surface area contributed by atoms with Crippen LogP contribution in [-0.2, 0) is 23.9 Å². The lowest BCUT2D eigenvalue weighted by molar-refractivity contribution is -0.138. The first-order valence-corrected chi connectivity index (χ1v) is 14.0. The Balaban J connectivity index is 0.000000667. The summed E-state index contributed by atoms with van der Waals surface area (Å²) in [6.45, 7) is 14.7. The first-order chi connectivity index (χ1) is 19.0. The van der Waals surface area contributed by atoms with Crippen LogP contribution in [0, 0.1) is 6.92 Å². The summed E-state index contributed by atoms with van der Waals surface area (Å²) in [5.74, 6) is 0.0636. The Bertz CT molecular complexity index is 1070. The molecule has 0 saturated carbocycles. The van der Waals surface area contributed by atoms with Crippen LogP contribution in [0.3, 0.4) is 0 Å². The number of alkyl halides is 3.